The van der Waals surface area contributed by atoms with Crippen molar-refractivity contribution in [3.8, 4) is 5.75 Å². The molecular weight excluding hydrogens is 300 g/mol. The molecule has 3 atom stereocenters. The molecule has 24 heavy (non-hydrogen) atoms. The maximum Gasteiger partial charge on any atom is 0.244 e. The number of hydrogen-bond acceptors (Lipinski definition) is 3. The van der Waals surface area contributed by atoms with Gasteiger partial charge in [0, 0.05) is 11.5 Å². The molecule has 0 spiro atoms. The third-order valence-corrected chi connectivity index (χ3v) is 5.93. The van der Waals surface area contributed by atoms with Gasteiger partial charge >= 0.3 is 0 Å². The highest BCUT2D eigenvalue weighted by atomic mass is 16.3. The SMILES string of the molecule is C[C@@]12CCCC[C@H]1[C@@H]2C(=O)N/N=C\c1c(O)ccc2ccccc12. The first kappa shape index (κ1) is 15.2. The lowest BCUT2D eigenvalue weighted by atomic mass is 9.90. The third kappa shape index (κ3) is 2.37. The first-order valence-electron chi connectivity index (χ1n) is 8.65. The van der Waals surface area contributed by atoms with Crippen LogP contribution in [0.25, 0.3) is 10.8 Å². The molecule has 4 rings (SSSR count). The van der Waals surface area contributed by atoms with Crippen LogP contribution >= 0.6 is 0 Å². The van der Waals surface area contributed by atoms with Gasteiger partial charge in [0.1, 0.15) is 5.75 Å². The molecule has 0 aliphatic heterocycles. The van der Waals surface area contributed by atoms with Crippen LogP contribution in [-0.2, 0) is 4.79 Å². The molecule has 2 aliphatic carbocycles. The normalized spacial score (nSPS) is 28.7. The molecular formula is C20H22N2O2. The van der Waals surface area contributed by atoms with Gasteiger partial charge in [0.05, 0.1) is 6.21 Å². The molecule has 124 valence electrons. The minimum atomic E-state index is 0.0142. The quantitative estimate of drug-likeness (QED) is 0.666. The average molecular weight is 322 g/mol. The van der Waals surface area contributed by atoms with E-state index in [9.17, 15) is 9.90 Å². The lowest BCUT2D eigenvalue weighted by Gasteiger charge is -2.15. The van der Waals surface area contributed by atoms with Crippen molar-refractivity contribution in [2.75, 3.05) is 0 Å². The van der Waals surface area contributed by atoms with Gasteiger partial charge in [-0.05, 0) is 41.0 Å². The maximum absolute atomic E-state index is 12.4. The molecule has 2 aromatic rings. The van der Waals surface area contributed by atoms with Crippen molar-refractivity contribution in [2.24, 2.45) is 22.4 Å². The van der Waals surface area contributed by atoms with Gasteiger partial charge in [0.15, 0.2) is 0 Å². The minimum absolute atomic E-state index is 0.0142. The van der Waals surface area contributed by atoms with Gasteiger partial charge in [-0.15, -0.1) is 0 Å². The maximum atomic E-state index is 12.4. The number of hydrazone groups is 1. The summed E-state index contributed by atoms with van der Waals surface area (Å²) in [5, 5.41) is 16.2. The Kier molecular flexibility index (Phi) is 3.56. The summed E-state index contributed by atoms with van der Waals surface area (Å²) < 4.78 is 0. The molecule has 0 heterocycles. The van der Waals surface area contributed by atoms with Crippen LogP contribution in [0, 0.1) is 17.3 Å². The van der Waals surface area contributed by atoms with E-state index in [2.05, 4.69) is 17.5 Å². The highest BCUT2D eigenvalue weighted by Crippen LogP contribution is 2.66. The van der Waals surface area contributed by atoms with Crippen molar-refractivity contribution < 1.29 is 9.90 Å². The molecule has 2 aliphatic rings. The van der Waals surface area contributed by atoms with Crippen molar-refractivity contribution in [2.45, 2.75) is 32.6 Å². The van der Waals surface area contributed by atoms with Crippen LogP contribution in [0.1, 0.15) is 38.2 Å². The summed E-state index contributed by atoms with van der Waals surface area (Å²) in [7, 11) is 0. The summed E-state index contributed by atoms with van der Waals surface area (Å²) in [5.41, 5.74) is 3.50. The van der Waals surface area contributed by atoms with E-state index in [4.69, 9.17) is 0 Å². The number of carbonyl (C=O) groups excluding carboxylic acids is 1. The van der Waals surface area contributed by atoms with Crippen LogP contribution in [0.4, 0.5) is 0 Å². The van der Waals surface area contributed by atoms with Crippen LogP contribution in [0.3, 0.4) is 0 Å². The summed E-state index contributed by atoms with van der Waals surface area (Å²) in [6.07, 6.45) is 6.30. The fraction of sp³-hybridized carbons (Fsp3) is 0.400. The summed E-state index contributed by atoms with van der Waals surface area (Å²) >= 11 is 0. The zero-order valence-corrected chi connectivity index (χ0v) is 13.8. The molecule has 0 saturated heterocycles. The highest BCUT2D eigenvalue weighted by molar-refractivity contribution is 6.02. The molecule has 1 amide bonds. The van der Waals surface area contributed by atoms with Crippen molar-refractivity contribution in [1.82, 2.24) is 5.43 Å². The van der Waals surface area contributed by atoms with E-state index in [1.165, 1.54) is 12.8 Å². The standard InChI is InChI=1S/C20H22N2O2/c1-20-11-5-4-8-16(20)18(20)19(24)22-21-12-15-14-7-3-2-6-13(14)9-10-17(15)23/h2-3,6-7,9-10,12,16,18,23H,4-5,8,11H2,1H3,(H,22,24)/b21-12-/t16-,18+,20+/m0/s1. The number of hydrogen-bond donors (Lipinski definition) is 2. The van der Waals surface area contributed by atoms with Gasteiger partial charge in [-0.1, -0.05) is 50.1 Å². The fourth-order valence-electron chi connectivity index (χ4n) is 4.50. The Morgan fingerprint density at radius 1 is 1.29 bits per heavy atom. The predicted octanol–water partition coefficient (Wildman–Crippen LogP) is 3.82. The largest absolute Gasteiger partial charge is 0.507 e. The second-order valence-electron chi connectivity index (χ2n) is 7.29. The molecule has 0 unspecified atom stereocenters. The molecule has 0 bridgehead atoms. The number of aromatic hydroxyl groups is 1. The van der Waals surface area contributed by atoms with Gasteiger partial charge in [0.2, 0.25) is 5.91 Å². The Balaban J connectivity index is 1.51. The number of amides is 1. The van der Waals surface area contributed by atoms with Crippen molar-refractivity contribution >= 4 is 22.9 Å². The van der Waals surface area contributed by atoms with Crippen molar-refractivity contribution in [1.29, 1.82) is 0 Å². The minimum Gasteiger partial charge on any atom is -0.507 e. The van der Waals surface area contributed by atoms with Crippen LogP contribution < -0.4 is 5.43 Å². The fourth-order valence-corrected chi connectivity index (χ4v) is 4.50. The number of phenols is 1. The summed E-state index contributed by atoms with van der Waals surface area (Å²) in [6.45, 7) is 2.22. The van der Waals surface area contributed by atoms with Crippen LogP contribution in [0.15, 0.2) is 41.5 Å². The first-order valence-corrected chi connectivity index (χ1v) is 8.65. The summed E-state index contributed by atoms with van der Waals surface area (Å²) in [6, 6.07) is 11.3. The van der Waals surface area contributed by atoms with Crippen molar-refractivity contribution in [3.63, 3.8) is 0 Å². The number of nitrogens with zero attached hydrogens (tertiary/aromatic N) is 1. The average Bonchev–Trinajstić information content (AvgIpc) is 3.22. The Morgan fingerprint density at radius 3 is 2.92 bits per heavy atom. The molecule has 0 radical (unpaired) electrons. The lowest BCUT2D eigenvalue weighted by molar-refractivity contribution is -0.123. The molecule has 2 aromatic carbocycles. The van der Waals surface area contributed by atoms with Crippen LogP contribution in [0.5, 0.6) is 5.75 Å². The zero-order valence-electron chi connectivity index (χ0n) is 13.8. The predicted molar refractivity (Wildman–Crippen MR) is 94.9 cm³/mol. The van der Waals surface area contributed by atoms with Gasteiger partial charge in [0.25, 0.3) is 0 Å². The number of rotatable bonds is 3. The molecule has 4 nitrogen and oxygen atoms in total. The number of fused-ring (bicyclic) bond motifs is 2. The van der Waals surface area contributed by atoms with Gasteiger partial charge < -0.3 is 5.11 Å². The Bertz CT molecular complexity index is 829. The number of benzene rings is 2. The second-order valence-corrected chi connectivity index (χ2v) is 7.29. The van der Waals surface area contributed by atoms with Crippen molar-refractivity contribution in [3.05, 3.63) is 42.0 Å². The van der Waals surface area contributed by atoms with Gasteiger partial charge in [-0.3, -0.25) is 4.79 Å². The van der Waals surface area contributed by atoms with E-state index in [0.717, 1.165) is 23.6 Å². The molecule has 2 fully saturated rings. The zero-order chi connectivity index (χ0) is 16.7. The summed E-state index contributed by atoms with van der Waals surface area (Å²) in [5.74, 6) is 0.796. The Labute approximate surface area is 141 Å². The molecule has 2 saturated carbocycles. The van der Waals surface area contributed by atoms with Crippen LogP contribution in [0.2, 0.25) is 0 Å². The Hall–Kier alpha value is -2.36. The molecule has 4 heteroatoms. The third-order valence-electron chi connectivity index (χ3n) is 5.93. The van der Waals surface area contributed by atoms with E-state index >= 15 is 0 Å². The lowest BCUT2D eigenvalue weighted by Crippen LogP contribution is -2.22. The summed E-state index contributed by atoms with van der Waals surface area (Å²) in [4.78, 5) is 12.4. The van der Waals surface area contributed by atoms with E-state index in [-0.39, 0.29) is 23.0 Å². The topological polar surface area (TPSA) is 61.7 Å². The van der Waals surface area contributed by atoms with E-state index in [0.29, 0.717) is 11.5 Å². The van der Waals surface area contributed by atoms with E-state index in [1.807, 2.05) is 30.3 Å². The van der Waals surface area contributed by atoms with Crippen LogP contribution in [-0.4, -0.2) is 17.2 Å². The Morgan fingerprint density at radius 2 is 2.12 bits per heavy atom. The van der Waals surface area contributed by atoms with Gasteiger partial charge in [-0.25, -0.2) is 5.43 Å². The highest BCUT2D eigenvalue weighted by Gasteiger charge is 2.64. The molecule has 0 aromatic heterocycles. The molecule has 2 N–H and O–H groups in total. The van der Waals surface area contributed by atoms with E-state index < -0.39 is 0 Å². The second kappa shape index (κ2) is 5.62. The number of carbonyl (C=O) groups is 1. The smallest absolute Gasteiger partial charge is 0.244 e. The number of nitrogens with one attached hydrogen (secondary N) is 1. The van der Waals surface area contributed by atoms with E-state index in [1.54, 1.807) is 12.3 Å². The first-order chi connectivity index (χ1) is 11.6. The number of phenolic OH excluding ortho intramolecular Hbond substituents is 1. The monoisotopic (exact) mass is 322 g/mol. The van der Waals surface area contributed by atoms with Gasteiger partial charge in [-0.2, -0.15) is 5.10 Å².